The molecule has 4 rings (SSSR count). The third-order valence-corrected chi connectivity index (χ3v) is 9.21. The van der Waals surface area contributed by atoms with Gasteiger partial charge in [0.1, 0.15) is 0 Å². The van der Waals surface area contributed by atoms with Crippen molar-refractivity contribution in [2.45, 2.75) is 71.1 Å². The molecule has 0 amide bonds. The van der Waals surface area contributed by atoms with E-state index in [0.29, 0.717) is 44.8 Å². The van der Waals surface area contributed by atoms with Crippen LogP contribution in [0.1, 0.15) is 51.5 Å². The highest BCUT2D eigenvalue weighted by atomic mass is 32.2. The summed E-state index contributed by atoms with van der Waals surface area (Å²) in [5, 5.41) is 26.8. The smallest absolute Gasteiger partial charge is 0.223 e. The van der Waals surface area contributed by atoms with Crippen molar-refractivity contribution in [2.24, 2.45) is 5.92 Å². The fourth-order valence-corrected chi connectivity index (χ4v) is 6.64. The zero-order chi connectivity index (χ0) is 27.3. The van der Waals surface area contributed by atoms with Gasteiger partial charge in [0.2, 0.25) is 16.0 Å². The minimum atomic E-state index is -3.29. The second kappa shape index (κ2) is 12.1. The molecule has 2 aromatic heterocycles. The molecule has 2 saturated heterocycles. The van der Waals surface area contributed by atoms with E-state index in [0.717, 1.165) is 49.3 Å². The summed E-state index contributed by atoms with van der Waals surface area (Å²) in [6.07, 6.45) is 9.14. The van der Waals surface area contributed by atoms with E-state index in [2.05, 4.69) is 26.4 Å². The monoisotopic (exact) mass is 544 g/mol. The van der Waals surface area contributed by atoms with Crippen LogP contribution in [0, 0.1) is 24.2 Å². The molecule has 0 bridgehead atoms. The van der Waals surface area contributed by atoms with Crippen molar-refractivity contribution in [3.05, 3.63) is 24.2 Å². The molecular weight excluding hydrogens is 504 g/mol. The Morgan fingerprint density at radius 1 is 1.16 bits per heavy atom. The van der Waals surface area contributed by atoms with E-state index >= 15 is 0 Å². The topological polar surface area (TPSA) is 140 Å². The second-order valence-electron chi connectivity index (χ2n) is 11.2. The van der Waals surface area contributed by atoms with Crippen molar-refractivity contribution in [2.75, 3.05) is 43.8 Å². The van der Waals surface area contributed by atoms with Gasteiger partial charge in [-0.1, -0.05) is 0 Å². The maximum atomic E-state index is 12.9. The number of hydrogen-bond acceptors (Lipinski definition) is 9. The Hall–Kier alpha value is -2.59. The maximum absolute atomic E-state index is 12.9. The van der Waals surface area contributed by atoms with Gasteiger partial charge in [-0.3, -0.25) is 4.68 Å². The van der Waals surface area contributed by atoms with Gasteiger partial charge in [0.25, 0.3) is 0 Å². The zero-order valence-corrected chi connectivity index (χ0v) is 23.5. The molecule has 2 aliphatic rings. The first kappa shape index (κ1) is 28.4. The Morgan fingerprint density at radius 3 is 2.53 bits per heavy atom. The van der Waals surface area contributed by atoms with E-state index < -0.39 is 15.6 Å². The third-order valence-electron chi connectivity index (χ3n) is 7.25. The molecule has 0 aromatic carbocycles. The summed E-state index contributed by atoms with van der Waals surface area (Å²) in [5.74, 6) is 0.821. The summed E-state index contributed by atoms with van der Waals surface area (Å²) in [4.78, 5) is 11.4. The van der Waals surface area contributed by atoms with Gasteiger partial charge in [-0.25, -0.2) is 22.7 Å². The number of aryl methyl sites for hydroxylation is 1. The van der Waals surface area contributed by atoms with Gasteiger partial charge in [0, 0.05) is 43.0 Å². The highest BCUT2D eigenvalue weighted by molar-refractivity contribution is 7.89. The van der Waals surface area contributed by atoms with Gasteiger partial charge < -0.3 is 15.3 Å². The van der Waals surface area contributed by atoms with Crippen molar-refractivity contribution >= 4 is 16.0 Å². The first-order valence-corrected chi connectivity index (χ1v) is 15.1. The largest absolute Gasteiger partial charge is 0.389 e. The number of likely N-dealkylation sites (tertiary alicyclic amines) is 1. The van der Waals surface area contributed by atoms with E-state index in [9.17, 15) is 13.5 Å². The Kier molecular flexibility index (Phi) is 9.03. The van der Waals surface area contributed by atoms with Gasteiger partial charge in [0.05, 0.1) is 35.9 Å². The fourth-order valence-electron chi connectivity index (χ4n) is 5.12. The quantitative estimate of drug-likeness (QED) is 0.461. The van der Waals surface area contributed by atoms with Gasteiger partial charge in [-0.2, -0.15) is 10.4 Å². The van der Waals surface area contributed by atoms with E-state index in [1.807, 2.05) is 13.1 Å². The predicted octanol–water partition coefficient (Wildman–Crippen LogP) is 2.25. The Balaban J connectivity index is 1.26. The molecule has 208 valence electrons. The van der Waals surface area contributed by atoms with Crippen LogP contribution in [0.4, 0.5) is 5.95 Å². The van der Waals surface area contributed by atoms with Crippen LogP contribution in [-0.2, 0) is 16.6 Å². The van der Waals surface area contributed by atoms with Gasteiger partial charge in [0.15, 0.2) is 0 Å². The Morgan fingerprint density at radius 2 is 1.87 bits per heavy atom. The van der Waals surface area contributed by atoms with Crippen LogP contribution in [0.3, 0.4) is 0 Å². The first-order valence-electron chi connectivity index (χ1n) is 13.5. The molecular formula is C26H40N8O3S. The van der Waals surface area contributed by atoms with E-state index in [1.165, 1.54) is 0 Å². The number of anilines is 1. The molecule has 0 unspecified atom stereocenters. The van der Waals surface area contributed by atoms with Crippen molar-refractivity contribution in [1.29, 1.82) is 5.26 Å². The number of hydrogen-bond donors (Lipinski definition) is 2. The highest BCUT2D eigenvalue weighted by Gasteiger charge is 2.28. The van der Waals surface area contributed by atoms with Crippen molar-refractivity contribution in [3.8, 4) is 17.3 Å². The van der Waals surface area contributed by atoms with Crippen LogP contribution in [0.15, 0.2) is 18.6 Å². The summed E-state index contributed by atoms with van der Waals surface area (Å²) >= 11 is 0. The second-order valence-corrected chi connectivity index (χ2v) is 13.3. The molecule has 4 heterocycles. The molecule has 11 nitrogen and oxygen atoms in total. The van der Waals surface area contributed by atoms with Crippen molar-refractivity contribution in [3.63, 3.8) is 0 Å². The molecule has 2 fully saturated rings. The molecule has 2 aliphatic heterocycles. The van der Waals surface area contributed by atoms with E-state index in [-0.39, 0.29) is 17.7 Å². The lowest BCUT2D eigenvalue weighted by Gasteiger charge is -2.32. The summed E-state index contributed by atoms with van der Waals surface area (Å²) in [5.41, 5.74) is 1.69. The summed E-state index contributed by atoms with van der Waals surface area (Å²) in [6, 6.07) is 2.43. The van der Waals surface area contributed by atoms with Crippen LogP contribution in [0.2, 0.25) is 0 Å². The predicted molar refractivity (Wildman–Crippen MR) is 146 cm³/mol. The highest BCUT2D eigenvalue weighted by Crippen LogP contribution is 2.24. The summed E-state index contributed by atoms with van der Waals surface area (Å²) in [7, 11) is -3.29. The summed E-state index contributed by atoms with van der Waals surface area (Å²) < 4.78 is 29.1. The fraction of sp³-hybridized carbons (Fsp3) is 0.692. The number of rotatable bonds is 10. The van der Waals surface area contributed by atoms with Crippen molar-refractivity contribution < 1.29 is 13.5 Å². The minimum absolute atomic E-state index is 0.0938. The van der Waals surface area contributed by atoms with E-state index in [4.69, 9.17) is 10.2 Å². The zero-order valence-electron chi connectivity index (χ0n) is 22.7. The normalized spacial score (nSPS) is 18.9. The van der Waals surface area contributed by atoms with Gasteiger partial charge in [-0.15, -0.1) is 0 Å². The maximum Gasteiger partial charge on any atom is 0.223 e. The number of aromatic nitrogens is 4. The lowest BCUT2D eigenvalue weighted by Crippen LogP contribution is -2.44. The average molecular weight is 545 g/mol. The first-order chi connectivity index (χ1) is 18.0. The third kappa shape index (κ3) is 7.72. The molecule has 0 spiro atoms. The van der Waals surface area contributed by atoms with Gasteiger partial charge >= 0.3 is 0 Å². The van der Waals surface area contributed by atoms with Crippen LogP contribution >= 0.6 is 0 Å². The molecule has 0 radical (unpaired) electrons. The minimum Gasteiger partial charge on any atom is -0.389 e. The molecule has 38 heavy (non-hydrogen) atoms. The van der Waals surface area contributed by atoms with Crippen molar-refractivity contribution in [1.82, 2.24) is 29.0 Å². The number of nitriles is 1. The van der Waals surface area contributed by atoms with Crippen LogP contribution in [0.25, 0.3) is 11.3 Å². The molecule has 12 heteroatoms. The lowest BCUT2D eigenvalue weighted by atomic mass is 9.99. The standard InChI is InChI=1S/C26H40N8O3S/c1-20-16-28-25(31-24(20)22-17-29-33(18-22)19-26(2,3)35)30-23-7-12-34(13-8-23)38(36,37)14-4-9-32-10-5-21(15-27)6-11-32/h16-18,21,23,35H,4-14,19H2,1-3H3,(H,28,30,31). The van der Waals surface area contributed by atoms with Crippen LogP contribution in [0.5, 0.6) is 0 Å². The SMILES string of the molecule is Cc1cnc(NC2CCN(S(=O)(=O)CCCN3CCC(C#N)CC3)CC2)nc1-c1cnn(CC(C)(C)O)c1. The molecule has 0 atom stereocenters. The number of nitrogens with zero attached hydrogens (tertiary/aromatic N) is 7. The number of sulfonamides is 1. The number of nitrogens with one attached hydrogen (secondary N) is 1. The number of piperidine rings is 2. The lowest BCUT2D eigenvalue weighted by molar-refractivity contribution is 0.0577. The van der Waals surface area contributed by atoms with Gasteiger partial charge in [-0.05, 0) is 78.1 Å². The summed E-state index contributed by atoms with van der Waals surface area (Å²) in [6.45, 7) is 9.29. The number of aliphatic hydroxyl groups is 1. The Labute approximate surface area is 225 Å². The molecule has 0 aliphatic carbocycles. The molecule has 2 N–H and O–H groups in total. The molecule has 2 aromatic rings. The van der Waals surface area contributed by atoms with E-state index in [1.54, 1.807) is 35.2 Å². The molecule has 0 saturated carbocycles. The average Bonchev–Trinajstić information content (AvgIpc) is 3.32. The Bertz CT molecular complexity index is 1220. The van der Waals surface area contributed by atoms with Crippen LogP contribution < -0.4 is 5.32 Å². The van der Waals surface area contributed by atoms with Crippen LogP contribution in [-0.4, -0.2) is 92.6 Å².